The Balaban J connectivity index is 3.03. The van der Waals surface area contributed by atoms with Crippen LogP contribution in [-0.4, -0.2) is 23.7 Å². The van der Waals surface area contributed by atoms with Crippen LogP contribution in [0, 0.1) is 0 Å². The van der Waals surface area contributed by atoms with Crippen molar-refractivity contribution in [3.8, 4) is 0 Å². The first-order valence-electron chi connectivity index (χ1n) is 5.25. The number of hydrogen-bond donors (Lipinski definition) is 1. The zero-order valence-corrected chi connectivity index (χ0v) is 11.2. The van der Waals surface area contributed by atoms with Crippen LogP contribution in [0.2, 0.25) is 0 Å². The van der Waals surface area contributed by atoms with Gasteiger partial charge in [0.15, 0.2) is 6.04 Å². The second-order valence-electron chi connectivity index (χ2n) is 3.37. The number of carbonyl (C=O) groups is 1. The highest BCUT2D eigenvalue weighted by molar-refractivity contribution is 9.10. The van der Waals surface area contributed by atoms with Crippen LogP contribution in [0.1, 0.15) is 18.6 Å². The third kappa shape index (κ3) is 3.46. The lowest BCUT2D eigenvalue weighted by atomic mass is 10.0. The Kier molecular flexibility index (Phi) is 5.64. The van der Waals surface area contributed by atoms with E-state index in [-0.39, 0.29) is 6.61 Å². The molecule has 1 N–H and O–H groups in total. The van der Waals surface area contributed by atoms with E-state index < -0.39 is 18.1 Å². The van der Waals surface area contributed by atoms with Crippen LogP contribution in [0.25, 0.3) is 10.4 Å². The maximum Gasteiger partial charge on any atom is 0.317 e. The van der Waals surface area contributed by atoms with Crippen molar-refractivity contribution in [2.75, 3.05) is 6.61 Å². The zero-order valence-electron chi connectivity index (χ0n) is 9.65. The highest BCUT2D eigenvalue weighted by atomic mass is 79.9. The van der Waals surface area contributed by atoms with Crippen molar-refractivity contribution in [2.24, 2.45) is 5.11 Å². The quantitative estimate of drug-likeness (QED) is 0.392. The summed E-state index contributed by atoms with van der Waals surface area (Å²) in [5, 5.41) is 13.4. The van der Waals surface area contributed by atoms with Gasteiger partial charge in [-0.1, -0.05) is 39.2 Å². The molecule has 1 aromatic carbocycles. The fourth-order valence-corrected chi connectivity index (χ4v) is 1.93. The fourth-order valence-electron chi connectivity index (χ4n) is 1.41. The van der Waals surface area contributed by atoms with Gasteiger partial charge in [-0.3, -0.25) is 4.79 Å². The van der Waals surface area contributed by atoms with Gasteiger partial charge in [0.2, 0.25) is 0 Å². The third-order valence-electron chi connectivity index (χ3n) is 2.23. The number of aliphatic hydroxyl groups excluding tert-OH is 1. The molecule has 0 aliphatic heterocycles. The summed E-state index contributed by atoms with van der Waals surface area (Å²) in [7, 11) is 0. The SMILES string of the molecule is CCOC(=O)[C@H](N=[N+]=[N-])[C@@H](O)c1ccccc1Br. The van der Waals surface area contributed by atoms with Gasteiger partial charge < -0.3 is 9.84 Å². The van der Waals surface area contributed by atoms with E-state index in [2.05, 4.69) is 26.0 Å². The molecule has 7 heteroatoms. The van der Waals surface area contributed by atoms with Crippen LogP contribution in [0.3, 0.4) is 0 Å². The minimum absolute atomic E-state index is 0.152. The lowest BCUT2D eigenvalue weighted by Crippen LogP contribution is -2.28. The zero-order chi connectivity index (χ0) is 13.5. The summed E-state index contributed by atoms with van der Waals surface area (Å²) in [6, 6.07) is 5.54. The van der Waals surface area contributed by atoms with E-state index in [4.69, 9.17) is 10.3 Å². The van der Waals surface area contributed by atoms with Crippen molar-refractivity contribution in [2.45, 2.75) is 19.1 Å². The van der Waals surface area contributed by atoms with Crippen LogP contribution in [0.15, 0.2) is 33.9 Å². The van der Waals surface area contributed by atoms with Gasteiger partial charge >= 0.3 is 5.97 Å². The number of halogens is 1. The molecule has 0 aliphatic carbocycles. The number of benzene rings is 1. The summed E-state index contributed by atoms with van der Waals surface area (Å²) in [5.74, 6) is -0.751. The molecule has 0 amide bonds. The Morgan fingerprint density at radius 2 is 2.28 bits per heavy atom. The van der Waals surface area contributed by atoms with Crippen molar-refractivity contribution in [1.82, 2.24) is 0 Å². The van der Waals surface area contributed by atoms with Crippen molar-refractivity contribution in [3.63, 3.8) is 0 Å². The molecule has 2 atom stereocenters. The van der Waals surface area contributed by atoms with Crippen molar-refractivity contribution in [3.05, 3.63) is 44.7 Å². The van der Waals surface area contributed by atoms with Crippen molar-refractivity contribution < 1.29 is 14.6 Å². The molecule has 0 aliphatic rings. The molecule has 0 heterocycles. The van der Waals surface area contributed by atoms with Crippen LogP contribution in [0.4, 0.5) is 0 Å². The normalized spacial score (nSPS) is 13.3. The van der Waals surface area contributed by atoms with Crippen LogP contribution >= 0.6 is 15.9 Å². The average Bonchev–Trinajstić information content (AvgIpc) is 2.36. The van der Waals surface area contributed by atoms with E-state index in [1.807, 2.05) is 0 Å². The fraction of sp³-hybridized carbons (Fsp3) is 0.364. The maximum atomic E-state index is 11.6. The van der Waals surface area contributed by atoms with E-state index >= 15 is 0 Å². The number of azide groups is 1. The molecule has 0 aromatic heterocycles. The van der Waals surface area contributed by atoms with E-state index in [0.29, 0.717) is 10.0 Å². The molecule has 0 saturated carbocycles. The molecule has 0 unspecified atom stereocenters. The number of rotatable bonds is 5. The van der Waals surface area contributed by atoms with Crippen LogP contribution in [0.5, 0.6) is 0 Å². The molecule has 0 spiro atoms. The molecule has 18 heavy (non-hydrogen) atoms. The molecular weight excluding hydrogens is 302 g/mol. The van der Waals surface area contributed by atoms with Gasteiger partial charge in [-0.05, 0) is 24.1 Å². The Morgan fingerprint density at radius 3 is 2.83 bits per heavy atom. The second kappa shape index (κ2) is 7.00. The monoisotopic (exact) mass is 313 g/mol. The van der Waals surface area contributed by atoms with Gasteiger partial charge in [0.05, 0.1) is 12.7 Å². The first-order chi connectivity index (χ1) is 8.61. The number of carbonyl (C=O) groups excluding carboxylic acids is 1. The van der Waals surface area contributed by atoms with Gasteiger partial charge in [0.1, 0.15) is 0 Å². The molecule has 0 saturated heterocycles. The summed E-state index contributed by atoms with van der Waals surface area (Å²) in [4.78, 5) is 14.2. The highest BCUT2D eigenvalue weighted by Crippen LogP contribution is 2.27. The average molecular weight is 314 g/mol. The van der Waals surface area contributed by atoms with Gasteiger partial charge in [0, 0.05) is 9.38 Å². The first kappa shape index (κ1) is 14.5. The molecule has 0 radical (unpaired) electrons. The third-order valence-corrected chi connectivity index (χ3v) is 2.95. The molecule has 1 aromatic rings. The highest BCUT2D eigenvalue weighted by Gasteiger charge is 2.29. The number of nitrogens with zero attached hydrogens (tertiary/aromatic N) is 3. The van der Waals surface area contributed by atoms with Crippen molar-refractivity contribution >= 4 is 21.9 Å². The molecule has 0 fully saturated rings. The largest absolute Gasteiger partial charge is 0.466 e. The number of hydrogen-bond acceptors (Lipinski definition) is 4. The lowest BCUT2D eigenvalue weighted by molar-refractivity contribution is -0.147. The molecule has 0 bridgehead atoms. The van der Waals surface area contributed by atoms with Crippen molar-refractivity contribution in [1.29, 1.82) is 0 Å². The van der Waals surface area contributed by atoms with E-state index in [9.17, 15) is 9.90 Å². The summed E-state index contributed by atoms with van der Waals surface area (Å²) in [5.41, 5.74) is 8.91. The van der Waals surface area contributed by atoms with Gasteiger partial charge in [0.25, 0.3) is 0 Å². The lowest BCUT2D eigenvalue weighted by Gasteiger charge is -2.18. The Morgan fingerprint density at radius 1 is 1.61 bits per heavy atom. The molecule has 6 nitrogen and oxygen atoms in total. The summed E-state index contributed by atoms with van der Waals surface area (Å²) in [6.07, 6.45) is -1.25. The maximum absolute atomic E-state index is 11.6. The Labute approximate surface area is 112 Å². The predicted molar refractivity (Wildman–Crippen MR) is 68.7 cm³/mol. The Bertz CT molecular complexity index is 474. The van der Waals surface area contributed by atoms with E-state index in [1.54, 1.807) is 31.2 Å². The first-order valence-corrected chi connectivity index (χ1v) is 6.04. The molecule has 96 valence electrons. The second-order valence-corrected chi connectivity index (χ2v) is 4.22. The molecular formula is C11H12BrN3O3. The predicted octanol–water partition coefficient (Wildman–Crippen LogP) is 2.72. The molecule has 1 rings (SSSR count). The van der Waals surface area contributed by atoms with Gasteiger partial charge in [-0.15, -0.1) is 0 Å². The minimum atomic E-state index is -1.30. The van der Waals surface area contributed by atoms with Crippen LogP contribution in [-0.2, 0) is 9.53 Å². The summed E-state index contributed by atoms with van der Waals surface area (Å²) >= 11 is 3.26. The standard InChI is InChI=1S/C11H12BrN3O3/c1-2-18-11(17)9(14-15-13)10(16)7-5-3-4-6-8(7)12/h3-6,9-10,16H,2H2,1H3/t9-,10+/m1/s1. The topological polar surface area (TPSA) is 95.3 Å². The Hall–Kier alpha value is -1.56. The number of esters is 1. The van der Waals surface area contributed by atoms with Gasteiger partial charge in [-0.25, -0.2) is 0 Å². The minimum Gasteiger partial charge on any atom is -0.466 e. The van der Waals surface area contributed by atoms with E-state index in [0.717, 1.165) is 0 Å². The van der Waals surface area contributed by atoms with Crippen LogP contribution < -0.4 is 0 Å². The number of ether oxygens (including phenoxy) is 1. The van der Waals surface area contributed by atoms with E-state index in [1.165, 1.54) is 0 Å². The number of aliphatic hydroxyl groups is 1. The smallest absolute Gasteiger partial charge is 0.317 e. The summed E-state index contributed by atoms with van der Waals surface area (Å²) < 4.78 is 5.38. The summed E-state index contributed by atoms with van der Waals surface area (Å²) in [6.45, 7) is 1.79. The van der Waals surface area contributed by atoms with Gasteiger partial charge in [-0.2, -0.15) is 0 Å².